The number of hydrogen-bond acceptors (Lipinski definition) is 5. The van der Waals surface area contributed by atoms with Crippen LogP contribution in [-0.2, 0) is 23.1 Å². The summed E-state index contributed by atoms with van der Waals surface area (Å²) in [5.41, 5.74) is 0. The maximum Gasteiger partial charge on any atom is 0.245 e. The zero-order valence-electron chi connectivity index (χ0n) is 14.1. The van der Waals surface area contributed by atoms with Crippen LogP contribution >= 0.6 is 12.4 Å². The zero-order valence-corrected chi connectivity index (χ0v) is 15.8. The van der Waals surface area contributed by atoms with E-state index in [1.807, 2.05) is 0 Å². The zero-order chi connectivity index (χ0) is 17.4. The third-order valence-corrected chi connectivity index (χ3v) is 6.86. The summed E-state index contributed by atoms with van der Waals surface area (Å²) < 4.78 is 42.8. The highest BCUT2D eigenvalue weighted by atomic mass is 35.5. The fourth-order valence-corrected chi connectivity index (χ4v) is 5.10. The molecule has 0 radical (unpaired) electrons. The molecule has 2 aliphatic rings. The molecule has 2 aliphatic heterocycles. The fraction of sp³-hybridized carbons (Fsp3) is 0.500. The fourth-order valence-electron chi connectivity index (χ4n) is 3.56. The normalized spacial score (nSPS) is 19.0. The van der Waals surface area contributed by atoms with Crippen molar-refractivity contribution in [2.45, 2.75) is 36.7 Å². The van der Waals surface area contributed by atoms with E-state index in [0.717, 1.165) is 24.7 Å². The molecule has 4 rings (SSSR count). The lowest BCUT2D eigenvalue weighted by molar-refractivity contribution is 0.306. The van der Waals surface area contributed by atoms with E-state index in [1.165, 1.54) is 22.5 Å². The van der Waals surface area contributed by atoms with Gasteiger partial charge in [-0.25, -0.2) is 12.8 Å². The number of nitrogens with one attached hydrogen (secondary N) is 1. The summed E-state index contributed by atoms with van der Waals surface area (Å²) in [5.74, 6) is 1.36. The molecule has 0 atom stereocenters. The number of halogens is 2. The van der Waals surface area contributed by atoms with Crippen molar-refractivity contribution in [2.75, 3.05) is 19.6 Å². The molecule has 1 fully saturated rings. The minimum atomic E-state index is -3.80. The van der Waals surface area contributed by atoms with Gasteiger partial charge in [0, 0.05) is 32.1 Å². The van der Waals surface area contributed by atoms with Gasteiger partial charge in [-0.15, -0.1) is 22.6 Å². The Morgan fingerprint density at radius 1 is 1.12 bits per heavy atom. The number of aromatic nitrogens is 3. The van der Waals surface area contributed by atoms with Crippen LogP contribution in [0.1, 0.15) is 30.4 Å². The van der Waals surface area contributed by atoms with E-state index in [4.69, 9.17) is 0 Å². The van der Waals surface area contributed by atoms with E-state index < -0.39 is 15.8 Å². The molecule has 1 saturated heterocycles. The minimum absolute atomic E-state index is 0. The Morgan fingerprint density at radius 3 is 2.58 bits per heavy atom. The van der Waals surface area contributed by atoms with Gasteiger partial charge in [-0.2, -0.15) is 4.31 Å². The summed E-state index contributed by atoms with van der Waals surface area (Å²) in [7, 11) is -3.80. The standard InChI is InChI=1S/C16H20FN5O2S.ClH/c17-13-3-1-2-4-14(13)25(23,24)21-8-5-12(6-9-21)16-20-19-15-11-18-7-10-22(15)16;/h1-4,12,18H,5-11H2;1H. The van der Waals surface area contributed by atoms with Crippen LogP contribution in [0.5, 0.6) is 0 Å². The van der Waals surface area contributed by atoms with E-state index in [9.17, 15) is 12.8 Å². The molecular weight excluding hydrogens is 381 g/mol. The second kappa shape index (κ2) is 7.59. The molecule has 0 bridgehead atoms. The van der Waals surface area contributed by atoms with Crippen LogP contribution in [-0.4, -0.2) is 47.1 Å². The molecule has 0 spiro atoms. The van der Waals surface area contributed by atoms with Crippen molar-refractivity contribution in [3.63, 3.8) is 0 Å². The van der Waals surface area contributed by atoms with Crippen molar-refractivity contribution in [2.24, 2.45) is 0 Å². The van der Waals surface area contributed by atoms with E-state index in [-0.39, 0.29) is 23.2 Å². The molecule has 0 unspecified atom stereocenters. The number of benzene rings is 1. The molecular formula is C16H21ClFN5O2S. The molecule has 0 amide bonds. The van der Waals surface area contributed by atoms with Crippen LogP contribution in [0.25, 0.3) is 0 Å². The summed E-state index contributed by atoms with van der Waals surface area (Å²) in [6, 6.07) is 5.53. The first kappa shape index (κ1) is 19.2. The van der Waals surface area contributed by atoms with Crippen molar-refractivity contribution in [3.05, 3.63) is 41.7 Å². The Hall–Kier alpha value is -1.55. The average molecular weight is 402 g/mol. The van der Waals surface area contributed by atoms with Gasteiger partial charge in [-0.05, 0) is 25.0 Å². The Morgan fingerprint density at radius 2 is 1.85 bits per heavy atom. The van der Waals surface area contributed by atoms with Gasteiger partial charge in [0.2, 0.25) is 10.0 Å². The molecule has 142 valence electrons. The molecule has 26 heavy (non-hydrogen) atoms. The highest BCUT2D eigenvalue weighted by Gasteiger charge is 2.33. The maximum absolute atomic E-state index is 13.9. The second-order valence-corrected chi connectivity index (χ2v) is 8.32. The number of rotatable bonds is 3. The van der Waals surface area contributed by atoms with Crippen LogP contribution in [0.15, 0.2) is 29.2 Å². The summed E-state index contributed by atoms with van der Waals surface area (Å²) in [6.45, 7) is 3.17. The third kappa shape index (κ3) is 3.36. The van der Waals surface area contributed by atoms with Crippen molar-refractivity contribution >= 4 is 22.4 Å². The van der Waals surface area contributed by atoms with Crippen molar-refractivity contribution in [3.8, 4) is 0 Å². The lowest BCUT2D eigenvalue weighted by atomic mass is 9.97. The second-order valence-electron chi connectivity index (χ2n) is 6.41. The lowest BCUT2D eigenvalue weighted by Crippen LogP contribution is -2.39. The topological polar surface area (TPSA) is 80.1 Å². The van der Waals surface area contributed by atoms with Crippen LogP contribution in [0.3, 0.4) is 0 Å². The predicted molar refractivity (Wildman–Crippen MR) is 96.1 cm³/mol. The van der Waals surface area contributed by atoms with Crippen LogP contribution in [0.2, 0.25) is 0 Å². The first-order valence-electron chi connectivity index (χ1n) is 8.45. The summed E-state index contributed by atoms with van der Waals surface area (Å²) >= 11 is 0. The SMILES string of the molecule is Cl.O=S(=O)(c1ccccc1F)N1CCC(c2nnc3n2CCNC3)CC1. The van der Waals surface area contributed by atoms with Crippen LogP contribution in [0.4, 0.5) is 4.39 Å². The molecule has 1 aromatic heterocycles. The molecule has 7 nitrogen and oxygen atoms in total. The number of sulfonamides is 1. The monoisotopic (exact) mass is 401 g/mol. The summed E-state index contributed by atoms with van der Waals surface area (Å²) in [5, 5.41) is 11.8. The molecule has 10 heteroatoms. The molecule has 0 aliphatic carbocycles. The quantitative estimate of drug-likeness (QED) is 0.843. The minimum Gasteiger partial charge on any atom is -0.312 e. The lowest BCUT2D eigenvalue weighted by Gasteiger charge is -2.31. The van der Waals surface area contributed by atoms with Gasteiger partial charge in [0.05, 0.1) is 6.54 Å². The number of fused-ring (bicyclic) bond motifs is 1. The van der Waals surface area contributed by atoms with E-state index in [1.54, 1.807) is 6.07 Å². The largest absolute Gasteiger partial charge is 0.312 e. The van der Waals surface area contributed by atoms with Gasteiger partial charge in [-0.3, -0.25) is 0 Å². The Bertz CT molecular complexity index is 881. The Labute approximate surface area is 158 Å². The summed E-state index contributed by atoms with van der Waals surface area (Å²) in [6.07, 6.45) is 1.33. The molecule has 1 aromatic carbocycles. The van der Waals surface area contributed by atoms with Crippen LogP contribution < -0.4 is 5.32 Å². The van der Waals surface area contributed by atoms with Crippen molar-refractivity contribution < 1.29 is 12.8 Å². The van der Waals surface area contributed by atoms with Gasteiger partial charge in [0.25, 0.3) is 0 Å². The molecule has 2 aromatic rings. The van der Waals surface area contributed by atoms with Gasteiger partial charge in [0.15, 0.2) is 0 Å². The Balaban J connectivity index is 0.00000196. The van der Waals surface area contributed by atoms with Gasteiger partial charge >= 0.3 is 0 Å². The molecule has 3 heterocycles. The highest BCUT2D eigenvalue weighted by molar-refractivity contribution is 7.89. The highest BCUT2D eigenvalue weighted by Crippen LogP contribution is 2.31. The van der Waals surface area contributed by atoms with E-state index in [0.29, 0.717) is 32.5 Å². The predicted octanol–water partition coefficient (Wildman–Crippen LogP) is 1.51. The molecule has 0 saturated carbocycles. The Kier molecular flexibility index (Phi) is 5.61. The van der Waals surface area contributed by atoms with Crippen LogP contribution in [0, 0.1) is 5.82 Å². The first-order chi connectivity index (χ1) is 12.1. The third-order valence-electron chi connectivity index (χ3n) is 4.92. The van der Waals surface area contributed by atoms with Gasteiger partial charge in [0.1, 0.15) is 22.4 Å². The number of hydrogen-bond donors (Lipinski definition) is 1. The van der Waals surface area contributed by atoms with Gasteiger partial charge in [-0.1, -0.05) is 12.1 Å². The number of piperidine rings is 1. The molecule has 1 N–H and O–H groups in total. The van der Waals surface area contributed by atoms with E-state index in [2.05, 4.69) is 20.1 Å². The van der Waals surface area contributed by atoms with E-state index >= 15 is 0 Å². The van der Waals surface area contributed by atoms with Gasteiger partial charge < -0.3 is 9.88 Å². The van der Waals surface area contributed by atoms with Crippen molar-refractivity contribution in [1.82, 2.24) is 24.4 Å². The maximum atomic E-state index is 13.9. The number of nitrogens with zero attached hydrogens (tertiary/aromatic N) is 4. The smallest absolute Gasteiger partial charge is 0.245 e. The average Bonchev–Trinajstić information content (AvgIpc) is 3.06. The first-order valence-corrected chi connectivity index (χ1v) is 9.89. The summed E-state index contributed by atoms with van der Waals surface area (Å²) in [4.78, 5) is -0.251. The van der Waals surface area contributed by atoms with Crippen molar-refractivity contribution in [1.29, 1.82) is 0 Å².